The minimum absolute atomic E-state index is 0.106. The molecule has 1 aliphatic heterocycles. The van der Waals surface area contributed by atoms with Gasteiger partial charge < -0.3 is 14.2 Å². The van der Waals surface area contributed by atoms with Gasteiger partial charge in [-0.25, -0.2) is 0 Å². The number of hydrogen-bond acceptors (Lipinski definition) is 2. The largest absolute Gasteiger partial charge is 0.489 e. The number of likely N-dealkylation sites (tertiary alicyclic amines) is 1. The number of carbonyl (C=O) groups excluding carboxylic acids is 1. The smallest absolute Gasteiger partial charge is 0.270 e. The third-order valence-electron chi connectivity index (χ3n) is 6.04. The van der Waals surface area contributed by atoms with E-state index in [0.717, 1.165) is 48.3 Å². The van der Waals surface area contributed by atoms with E-state index in [1.165, 1.54) is 11.1 Å². The molecule has 0 bridgehead atoms. The summed E-state index contributed by atoms with van der Waals surface area (Å²) >= 11 is 0. The maximum absolute atomic E-state index is 13.4. The average molecular weight is 417 g/mol. The first kappa shape index (κ1) is 21.2. The molecule has 2 aromatic carbocycles. The van der Waals surface area contributed by atoms with Gasteiger partial charge in [0.2, 0.25) is 0 Å². The minimum atomic E-state index is 0.106. The van der Waals surface area contributed by atoms with Crippen LogP contribution < -0.4 is 4.74 Å². The summed E-state index contributed by atoms with van der Waals surface area (Å²) in [5.41, 5.74) is 4.35. The van der Waals surface area contributed by atoms with E-state index in [1.54, 1.807) is 6.08 Å². The van der Waals surface area contributed by atoms with Crippen molar-refractivity contribution in [2.75, 3.05) is 19.7 Å². The predicted octanol–water partition coefficient (Wildman–Crippen LogP) is 5.79. The maximum Gasteiger partial charge on any atom is 0.270 e. The molecule has 0 saturated carbocycles. The zero-order valence-corrected chi connectivity index (χ0v) is 18.9. The van der Waals surface area contributed by atoms with Crippen molar-refractivity contribution in [3.63, 3.8) is 0 Å². The molecular formula is C27H32N2O2. The molecule has 2 heterocycles. The van der Waals surface area contributed by atoms with Crippen LogP contribution in [-0.4, -0.2) is 35.1 Å². The molecule has 3 aromatic rings. The van der Waals surface area contributed by atoms with Gasteiger partial charge in [-0.15, -0.1) is 0 Å². The summed E-state index contributed by atoms with van der Waals surface area (Å²) in [6, 6.07) is 16.8. The molecule has 4 heteroatoms. The van der Waals surface area contributed by atoms with E-state index in [4.69, 9.17) is 4.74 Å². The Balaban J connectivity index is 1.76. The highest BCUT2D eigenvalue weighted by Crippen LogP contribution is 2.31. The fraction of sp³-hybridized carbons (Fsp3) is 0.370. The van der Waals surface area contributed by atoms with Gasteiger partial charge in [0.15, 0.2) is 0 Å². The van der Waals surface area contributed by atoms with Crippen LogP contribution in [0.5, 0.6) is 5.75 Å². The molecule has 1 fully saturated rings. The van der Waals surface area contributed by atoms with Crippen molar-refractivity contribution in [3.8, 4) is 5.75 Å². The first-order valence-electron chi connectivity index (χ1n) is 11.1. The first-order valence-corrected chi connectivity index (χ1v) is 11.1. The number of ether oxygens (including phenoxy) is 1. The number of fused-ring (bicyclic) bond motifs is 1. The first-order chi connectivity index (χ1) is 14.9. The second-order valence-electron chi connectivity index (χ2n) is 9.35. The van der Waals surface area contributed by atoms with Gasteiger partial charge in [-0.3, -0.25) is 4.79 Å². The van der Waals surface area contributed by atoms with E-state index in [9.17, 15) is 4.79 Å². The zero-order valence-electron chi connectivity index (χ0n) is 18.9. The number of aromatic nitrogens is 1. The Morgan fingerprint density at radius 3 is 2.45 bits per heavy atom. The Kier molecular flexibility index (Phi) is 5.90. The Bertz CT molecular complexity index is 1080. The summed E-state index contributed by atoms with van der Waals surface area (Å²) < 4.78 is 8.03. The van der Waals surface area contributed by atoms with Crippen molar-refractivity contribution in [2.45, 2.75) is 45.6 Å². The van der Waals surface area contributed by atoms with E-state index in [0.29, 0.717) is 13.2 Å². The second kappa shape index (κ2) is 8.62. The van der Waals surface area contributed by atoms with E-state index < -0.39 is 0 Å². The molecule has 1 amide bonds. The molecule has 1 aliphatic rings. The molecule has 1 aromatic heterocycles. The molecule has 162 valence electrons. The van der Waals surface area contributed by atoms with Gasteiger partial charge in [-0.2, -0.15) is 0 Å². The number of nitrogens with zero attached hydrogens (tertiary/aromatic N) is 2. The standard InChI is InChI=1S/C27H32N2O2/c1-5-17-31-25-10-8-9-23-22(25)18-24(26(30)28-15-6-7-16-28)29(23)19-20-11-13-21(14-12-20)27(2,3)4/h5,8-14,18H,1,6-7,15-17,19H2,2-4H3. The van der Waals surface area contributed by atoms with Gasteiger partial charge in [0.25, 0.3) is 5.91 Å². The normalized spacial score (nSPS) is 14.2. The third kappa shape index (κ3) is 4.39. The Morgan fingerprint density at radius 2 is 1.81 bits per heavy atom. The van der Waals surface area contributed by atoms with Crippen LogP contribution in [0.2, 0.25) is 0 Å². The number of benzene rings is 2. The SMILES string of the molecule is C=CCOc1cccc2c1cc(C(=O)N1CCCC1)n2Cc1ccc(C(C)(C)C)cc1. The van der Waals surface area contributed by atoms with Gasteiger partial charge in [0.05, 0.1) is 5.52 Å². The van der Waals surface area contributed by atoms with Crippen molar-refractivity contribution in [3.05, 3.63) is 78.0 Å². The molecular weight excluding hydrogens is 384 g/mol. The van der Waals surface area contributed by atoms with E-state index in [2.05, 4.69) is 62.2 Å². The highest BCUT2D eigenvalue weighted by atomic mass is 16.5. The van der Waals surface area contributed by atoms with Crippen LogP contribution in [0, 0.1) is 0 Å². The molecule has 0 spiro atoms. The number of rotatable bonds is 6. The summed E-state index contributed by atoms with van der Waals surface area (Å²) in [4.78, 5) is 15.4. The fourth-order valence-corrected chi connectivity index (χ4v) is 4.25. The number of carbonyl (C=O) groups is 1. The van der Waals surface area contributed by atoms with E-state index in [1.807, 2.05) is 23.1 Å². The molecule has 0 N–H and O–H groups in total. The van der Waals surface area contributed by atoms with Crippen LogP contribution in [0.4, 0.5) is 0 Å². The predicted molar refractivity (Wildman–Crippen MR) is 127 cm³/mol. The highest BCUT2D eigenvalue weighted by Gasteiger charge is 2.25. The molecule has 31 heavy (non-hydrogen) atoms. The third-order valence-corrected chi connectivity index (χ3v) is 6.04. The summed E-state index contributed by atoms with van der Waals surface area (Å²) in [5, 5.41) is 0.971. The number of amides is 1. The van der Waals surface area contributed by atoms with Crippen molar-refractivity contribution >= 4 is 16.8 Å². The molecule has 1 saturated heterocycles. The fourth-order valence-electron chi connectivity index (χ4n) is 4.25. The molecule has 4 rings (SSSR count). The minimum Gasteiger partial charge on any atom is -0.489 e. The average Bonchev–Trinajstić information content (AvgIpc) is 3.40. The van der Waals surface area contributed by atoms with Crippen molar-refractivity contribution < 1.29 is 9.53 Å². The van der Waals surface area contributed by atoms with Crippen LogP contribution in [0.25, 0.3) is 10.9 Å². The lowest BCUT2D eigenvalue weighted by Crippen LogP contribution is -2.29. The summed E-state index contributed by atoms with van der Waals surface area (Å²) in [6.07, 6.45) is 3.89. The quantitative estimate of drug-likeness (QED) is 0.477. The van der Waals surface area contributed by atoms with Crippen molar-refractivity contribution in [2.24, 2.45) is 0 Å². The van der Waals surface area contributed by atoms with Crippen LogP contribution in [0.15, 0.2) is 61.2 Å². The van der Waals surface area contributed by atoms with Crippen molar-refractivity contribution in [1.82, 2.24) is 9.47 Å². The summed E-state index contributed by atoms with van der Waals surface area (Å²) in [7, 11) is 0. The van der Waals surface area contributed by atoms with Crippen molar-refractivity contribution in [1.29, 1.82) is 0 Å². The second-order valence-corrected chi connectivity index (χ2v) is 9.35. The summed E-state index contributed by atoms with van der Waals surface area (Å²) in [6.45, 7) is 13.2. The molecule has 0 unspecified atom stereocenters. The Morgan fingerprint density at radius 1 is 1.10 bits per heavy atom. The maximum atomic E-state index is 13.4. The van der Waals surface area contributed by atoms with Crippen LogP contribution in [0.1, 0.15) is 55.2 Å². The lowest BCUT2D eigenvalue weighted by molar-refractivity contribution is 0.0783. The molecule has 4 nitrogen and oxygen atoms in total. The van der Waals surface area contributed by atoms with Gasteiger partial charge in [-0.1, -0.05) is 63.8 Å². The molecule has 0 radical (unpaired) electrons. The Labute approximate surface area is 185 Å². The van der Waals surface area contributed by atoms with Gasteiger partial charge >= 0.3 is 0 Å². The topological polar surface area (TPSA) is 34.5 Å². The Hall–Kier alpha value is -3.01. The summed E-state index contributed by atoms with van der Waals surface area (Å²) in [5.74, 6) is 0.893. The molecule has 0 aliphatic carbocycles. The van der Waals surface area contributed by atoms with Crippen LogP contribution in [0.3, 0.4) is 0 Å². The van der Waals surface area contributed by atoms with Gasteiger partial charge in [-0.05, 0) is 47.6 Å². The van der Waals surface area contributed by atoms with Crippen LogP contribution >= 0.6 is 0 Å². The monoisotopic (exact) mass is 416 g/mol. The van der Waals surface area contributed by atoms with Gasteiger partial charge in [0.1, 0.15) is 18.1 Å². The highest BCUT2D eigenvalue weighted by molar-refractivity contribution is 6.00. The van der Waals surface area contributed by atoms with E-state index >= 15 is 0 Å². The lowest BCUT2D eigenvalue weighted by Gasteiger charge is -2.20. The number of hydrogen-bond donors (Lipinski definition) is 0. The van der Waals surface area contributed by atoms with Gasteiger partial charge in [0, 0.05) is 25.0 Å². The van der Waals surface area contributed by atoms with Crippen LogP contribution in [-0.2, 0) is 12.0 Å². The van der Waals surface area contributed by atoms with E-state index in [-0.39, 0.29) is 11.3 Å². The molecule has 0 atom stereocenters. The zero-order chi connectivity index (χ0) is 22.0. The lowest BCUT2D eigenvalue weighted by atomic mass is 9.87.